The van der Waals surface area contributed by atoms with Crippen molar-refractivity contribution in [2.75, 3.05) is 32.7 Å². The van der Waals surface area contributed by atoms with Gasteiger partial charge in [0.25, 0.3) is 0 Å². The highest BCUT2D eigenvalue weighted by atomic mass is 35.5. The van der Waals surface area contributed by atoms with Gasteiger partial charge in [-0.25, -0.2) is 0 Å². The second-order valence-electron chi connectivity index (χ2n) is 4.91. The van der Waals surface area contributed by atoms with E-state index in [1.165, 1.54) is 0 Å². The van der Waals surface area contributed by atoms with Crippen LogP contribution in [-0.2, 0) is 9.59 Å². The number of carbonyl (C=O) groups is 2. The van der Waals surface area contributed by atoms with E-state index in [1.54, 1.807) is 4.90 Å². The van der Waals surface area contributed by atoms with Gasteiger partial charge in [0.15, 0.2) is 0 Å². The zero-order chi connectivity index (χ0) is 12.3. The number of nitrogens with zero attached hydrogens (tertiary/aromatic N) is 2. The second-order valence-corrected chi connectivity index (χ2v) is 4.91. The van der Waals surface area contributed by atoms with Crippen molar-refractivity contribution in [1.29, 1.82) is 0 Å². The molecule has 1 atom stereocenters. The molecular formula is C12H22ClN3O2. The number of piperazine rings is 1. The summed E-state index contributed by atoms with van der Waals surface area (Å²) in [5, 5.41) is 3.26. The van der Waals surface area contributed by atoms with Gasteiger partial charge in [-0.05, 0) is 19.8 Å². The fraction of sp³-hybridized carbons (Fsp3) is 0.833. The SMILES string of the molecule is CC1CNCCN1C(=O)CN1CCCCC1=O.Cl. The van der Waals surface area contributed by atoms with Crippen molar-refractivity contribution in [2.24, 2.45) is 0 Å². The number of carbonyl (C=O) groups excluding carboxylic acids is 2. The predicted molar refractivity (Wildman–Crippen MR) is 71.7 cm³/mol. The van der Waals surface area contributed by atoms with Crippen molar-refractivity contribution in [3.8, 4) is 0 Å². The van der Waals surface area contributed by atoms with E-state index in [-0.39, 0.29) is 36.8 Å². The number of nitrogens with one attached hydrogen (secondary N) is 1. The maximum absolute atomic E-state index is 12.1. The van der Waals surface area contributed by atoms with Crippen LogP contribution in [0.3, 0.4) is 0 Å². The van der Waals surface area contributed by atoms with Crippen LogP contribution >= 0.6 is 12.4 Å². The van der Waals surface area contributed by atoms with Crippen LogP contribution < -0.4 is 5.32 Å². The summed E-state index contributed by atoms with van der Waals surface area (Å²) >= 11 is 0. The first-order valence-corrected chi connectivity index (χ1v) is 6.46. The standard InChI is InChI=1S/C12H21N3O2.ClH/c1-10-8-13-5-7-15(10)12(17)9-14-6-3-2-4-11(14)16;/h10,13H,2-9H2,1H3;1H. The number of amides is 2. The van der Waals surface area contributed by atoms with Crippen LogP contribution in [-0.4, -0.2) is 60.4 Å². The first-order chi connectivity index (χ1) is 8.18. The maximum atomic E-state index is 12.1. The van der Waals surface area contributed by atoms with E-state index in [1.807, 2.05) is 11.8 Å². The van der Waals surface area contributed by atoms with Gasteiger partial charge >= 0.3 is 0 Å². The zero-order valence-electron chi connectivity index (χ0n) is 10.9. The number of hydrogen-bond donors (Lipinski definition) is 1. The molecule has 0 aromatic heterocycles. The Morgan fingerprint density at radius 2 is 2.17 bits per heavy atom. The second kappa shape index (κ2) is 6.95. The molecule has 2 rings (SSSR count). The number of halogens is 1. The van der Waals surface area contributed by atoms with Crippen molar-refractivity contribution < 1.29 is 9.59 Å². The van der Waals surface area contributed by atoms with Gasteiger partial charge in [-0.2, -0.15) is 0 Å². The Labute approximate surface area is 114 Å². The Balaban J connectivity index is 0.00000162. The van der Waals surface area contributed by atoms with Crippen LogP contribution in [0.2, 0.25) is 0 Å². The molecule has 0 aliphatic carbocycles. The maximum Gasteiger partial charge on any atom is 0.242 e. The Bertz CT molecular complexity index is 312. The Morgan fingerprint density at radius 1 is 1.39 bits per heavy atom. The number of piperidine rings is 1. The smallest absolute Gasteiger partial charge is 0.242 e. The number of hydrogen-bond acceptors (Lipinski definition) is 3. The summed E-state index contributed by atoms with van der Waals surface area (Å²) in [6.45, 7) is 5.50. The summed E-state index contributed by atoms with van der Waals surface area (Å²) in [5.74, 6) is 0.224. The summed E-state index contributed by atoms with van der Waals surface area (Å²) in [6, 6.07) is 0.233. The van der Waals surface area contributed by atoms with Gasteiger partial charge in [-0.3, -0.25) is 9.59 Å². The van der Waals surface area contributed by atoms with Crippen LogP contribution in [0.1, 0.15) is 26.2 Å². The fourth-order valence-electron chi connectivity index (χ4n) is 2.49. The fourth-order valence-corrected chi connectivity index (χ4v) is 2.49. The van der Waals surface area contributed by atoms with Crippen LogP contribution in [0.5, 0.6) is 0 Å². The molecule has 0 aromatic rings. The molecule has 0 aromatic carbocycles. The highest BCUT2D eigenvalue weighted by Crippen LogP contribution is 2.11. The van der Waals surface area contributed by atoms with Gasteiger partial charge < -0.3 is 15.1 Å². The molecule has 0 radical (unpaired) electrons. The van der Waals surface area contributed by atoms with E-state index in [0.29, 0.717) is 6.42 Å². The summed E-state index contributed by atoms with van der Waals surface area (Å²) in [7, 11) is 0. The summed E-state index contributed by atoms with van der Waals surface area (Å²) in [6.07, 6.45) is 2.59. The van der Waals surface area contributed by atoms with Crippen molar-refractivity contribution in [2.45, 2.75) is 32.2 Å². The highest BCUT2D eigenvalue weighted by Gasteiger charge is 2.27. The topological polar surface area (TPSA) is 52.7 Å². The predicted octanol–water partition coefficient (Wildman–Crippen LogP) is 0.241. The lowest BCUT2D eigenvalue weighted by molar-refractivity contribution is -0.143. The van der Waals surface area contributed by atoms with E-state index in [0.717, 1.165) is 39.0 Å². The number of rotatable bonds is 2. The minimum absolute atomic E-state index is 0. The van der Waals surface area contributed by atoms with E-state index < -0.39 is 0 Å². The van der Waals surface area contributed by atoms with Gasteiger partial charge in [-0.1, -0.05) is 0 Å². The molecule has 2 heterocycles. The molecule has 0 bridgehead atoms. The molecule has 18 heavy (non-hydrogen) atoms. The Morgan fingerprint density at radius 3 is 2.83 bits per heavy atom. The van der Waals surface area contributed by atoms with Crippen LogP contribution in [0.15, 0.2) is 0 Å². The van der Waals surface area contributed by atoms with Crippen molar-refractivity contribution in [3.05, 3.63) is 0 Å². The lowest BCUT2D eigenvalue weighted by Crippen LogP contribution is -2.55. The third-order valence-electron chi connectivity index (χ3n) is 3.57. The molecule has 0 spiro atoms. The molecule has 1 unspecified atom stereocenters. The summed E-state index contributed by atoms with van der Waals surface area (Å²) in [4.78, 5) is 27.4. The minimum Gasteiger partial charge on any atom is -0.336 e. The van der Waals surface area contributed by atoms with E-state index in [2.05, 4.69) is 5.32 Å². The van der Waals surface area contributed by atoms with Gasteiger partial charge in [0, 0.05) is 38.6 Å². The van der Waals surface area contributed by atoms with Gasteiger partial charge in [0.05, 0.1) is 6.54 Å². The minimum atomic E-state index is 0. The van der Waals surface area contributed by atoms with E-state index in [9.17, 15) is 9.59 Å². The van der Waals surface area contributed by atoms with E-state index in [4.69, 9.17) is 0 Å². The Hall–Kier alpha value is -0.810. The normalized spacial score (nSPS) is 24.7. The molecule has 104 valence electrons. The average Bonchev–Trinajstić information content (AvgIpc) is 2.32. The molecule has 0 saturated carbocycles. The molecule has 2 saturated heterocycles. The van der Waals surface area contributed by atoms with Crippen LogP contribution in [0.25, 0.3) is 0 Å². The first kappa shape index (κ1) is 15.2. The largest absolute Gasteiger partial charge is 0.336 e. The molecule has 1 N–H and O–H groups in total. The molecule has 2 fully saturated rings. The van der Waals surface area contributed by atoms with Crippen LogP contribution in [0.4, 0.5) is 0 Å². The van der Waals surface area contributed by atoms with Gasteiger partial charge in [0.2, 0.25) is 11.8 Å². The third-order valence-corrected chi connectivity index (χ3v) is 3.57. The molecule has 2 aliphatic heterocycles. The van der Waals surface area contributed by atoms with Gasteiger partial charge in [0.1, 0.15) is 0 Å². The Kier molecular flexibility index (Phi) is 5.88. The molecule has 2 aliphatic rings. The number of likely N-dealkylation sites (tertiary alicyclic amines) is 1. The quantitative estimate of drug-likeness (QED) is 0.786. The van der Waals surface area contributed by atoms with Crippen molar-refractivity contribution in [1.82, 2.24) is 15.1 Å². The first-order valence-electron chi connectivity index (χ1n) is 6.46. The molecule has 6 heteroatoms. The van der Waals surface area contributed by atoms with Crippen molar-refractivity contribution >= 4 is 24.2 Å². The van der Waals surface area contributed by atoms with Crippen molar-refractivity contribution in [3.63, 3.8) is 0 Å². The highest BCUT2D eigenvalue weighted by molar-refractivity contribution is 5.85. The van der Waals surface area contributed by atoms with Crippen LogP contribution in [0, 0.1) is 0 Å². The van der Waals surface area contributed by atoms with Gasteiger partial charge in [-0.15, -0.1) is 12.4 Å². The molecule has 5 nitrogen and oxygen atoms in total. The summed E-state index contributed by atoms with van der Waals surface area (Å²) in [5.41, 5.74) is 0. The lowest BCUT2D eigenvalue weighted by Gasteiger charge is -2.36. The summed E-state index contributed by atoms with van der Waals surface area (Å²) < 4.78 is 0. The average molecular weight is 276 g/mol. The zero-order valence-corrected chi connectivity index (χ0v) is 11.7. The third kappa shape index (κ3) is 3.59. The monoisotopic (exact) mass is 275 g/mol. The lowest BCUT2D eigenvalue weighted by atomic mass is 10.1. The van der Waals surface area contributed by atoms with E-state index >= 15 is 0 Å². The molecule has 2 amide bonds. The molecular weight excluding hydrogens is 254 g/mol.